The van der Waals surface area contributed by atoms with Gasteiger partial charge in [0.15, 0.2) is 0 Å². The van der Waals surface area contributed by atoms with Crippen LogP contribution in [-0.4, -0.2) is 21.8 Å². The Morgan fingerprint density at radius 2 is 1.52 bits per heavy atom. The van der Waals surface area contributed by atoms with Gasteiger partial charge in [0.2, 0.25) is 0 Å². The quantitative estimate of drug-likeness (QED) is 0.295. The Kier molecular flexibility index (Phi) is 5.34. The Morgan fingerprint density at radius 3 is 2.10 bits per heavy atom. The number of carbonyl (C=O) groups is 2. The molecule has 1 aliphatic heterocycles. The summed E-state index contributed by atoms with van der Waals surface area (Å²) in [5.74, 6) is -1.35. The molecular formula is C22H14Br2N2O3. The average Bonchev–Trinajstić information content (AvgIpc) is 3.00. The van der Waals surface area contributed by atoms with Gasteiger partial charge in [-0.2, -0.15) is 0 Å². The lowest BCUT2D eigenvalue weighted by molar-refractivity contribution is -0.132. The molecular weight excluding hydrogens is 500 g/mol. The van der Waals surface area contributed by atoms with E-state index in [4.69, 9.17) is 0 Å². The maximum atomic E-state index is 13.0. The Labute approximate surface area is 184 Å². The lowest BCUT2D eigenvalue weighted by Crippen LogP contribution is -2.30. The van der Waals surface area contributed by atoms with Gasteiger partial charge in [-0.15, -0.1) is 0 Å². The van der Waals surface area contributed by atoms with E-state index in [0.717, 1.165) is 8.95 Å². The van der Waals surface area contributed by atoms with E-state index < -0.39 is 17.7 Å². The molecule has 0 unspecified atom stereocenters. The lowest BCUT2D eigenvalue weighted by atomic mass is 9.95. The summed E-state index contributed by atoms with van der Waals surface area (Å²) in [4.78, 5) is 31.5. The van der Waals surface area contributed by atoms with E-state index in [1.165, 1.54) is 4.90 Å². The SMILES string of the molecule is O=C1C(=O)N(c2ccccn2)[C@H](c2ccc(Br)cc2)C1=C(O)c1ccc(Br)cc1. The van der Waals surface area contributed by atoms with Crippen molar-refractivity contribution >= 4 is 55.1 Å². The number of hydrogen-bond acceptors (Lipinski definition) is 4. The monoisotopic (exact) mass is 512 g/mol. The highest BCUT2D eigenvalue weighted by Crippen LogP contribution is 2.41. The highest BCUT2D eigenvalue weighted by molar-refractivity contribution is 9.10. The van der Waals surface area contributed by atoms with Gasteiger partial charge < -0.3 is 5.11 Å². The molecule has 1 amide bonds. The molecule has 0 spiro atoms. The summed E-state index contributed by atoms with van der Waals surface area (Å²) in [7, 11) is 0. The van der Waals surface area contributed by atoms with Crippen LogP contribution in [0.5, 0.6) is 0 Å². The second kappa shape index (κ2) is 7.93. The molecule has 144 valence electrons. The van der Waals surface area contributed by atoms with Gasteiger partial charge >= 0.3 is 5.91 Å². The summed E-state index contributed by atoms with van der Waals surface area (Å²) >= 11 is 6.75. The first-order valence-electron chi connectivity index (χ1n) is 8.71. The van der Waals surface area contributed by atoms with Crippen molar-refractivity contribution in [3.63, 3.8) is 0 Å². The second-order valence-electron chi connectivity index (χ2n) is 6.42. The van der Waals surface area contributed by atoms with Gasteiger partial charge in [0.1, 0.15) is 11.6 Å². The lowest BCUT2D eigenvalue weighted by Gasteiger charge is -2.24. The van der Waals surface area contributed by atoms with Crippen LogP contribution in [0.3, 0.4) is 0 Å². The Balaban J connectivity index is 1.94. The number of aromatic nitrogens is 1. The minimum Gasteiger partial charge on any atom is -0.507 e. The highest BCUT2D eigenvalue weighted by atomic mass is 79.9. The van der Waals surface area contributed by atoms with Crippen molar-refractivity contribution in [2.75, 3.05) is 4.90 Å². The van der Waals surface area contributed by atoms with Crippen molar-refractivity contribution in [3.8, 4) is 0 Å². The first kappa shape index (κ1) is 19.5. The van der Waals surface area contributed by atoms with Crippen LogP contribution < -0.4 is 4.90 Å². The second-order valence-corrected chi connectivity index (χ2v) is 8.25. The molecule has 2 aromatic carbocycles. The normalized spacial score (nSPS) is 18.3. The minimum absolute atomic E-state index is 0.0327. The summed E-state index contributed by atoms with van der Waals surface area (Å²) in [5, 5.41) is 11.0. The Bertz CT molecular complexity index is 1110. The van der Waals surface area contributed by atoms with Gasteiger partial charge in [-0.3, -0.25) is 14.5 Å². The molecule has 3 aromatic rings. The van der Waals surface area contributed by atoms with Crippen molar-refractivity contribution in [1.82, 2.24) is 4.98 Å². The van der Waals surface area contributed by atoms with Gasteiger partial charge in [-0.1, -0.05) is 62.2 Å². The first-order valence-corrected chi connectivity index (χ1v) is 10.3. The molecule has 0 radical (unpaired) electrons. The summed E-state index contributed by atoms with van der Waals surface area (Å²) in [6, 6.07) is 18.5. The number of aliphatic hydroxyl groups is 1. The van der Waals surface area contributed by atoms with Crippen LogP contribution in [0.2, 0.25) is 0 Å². The fourth-order valence-electron chi connectivity index (χ4n) is 3.29. The molecule has 1 fully saturated rings. The number of anilines is 1. The molecule has 1 atom stereocenters. The molecule has 1 aromatic heterocycles. The van der Waals surface area contributed by atoms with E-state index in [0.29, 0.717) is 16.9 Å². The van der Waals surface area contributed by atoms with Gasteiger partial charge in [0.05, 0.1) is 11.6 Å². The predicted octanol–water partition coefficient (Wildman–Crippen LogP) is 5.23. The van der Waals surface area contributed by atoms with Crippen LogP contribution in [0.1, 0.15) is 17.2 Å². The Hall–Kier alpha value is -2.77. The summed E-state index contributed by atoms with van der Waals surface area (Å²) in [6.07, 6.45) is 1.56. The van der Waals surface area contributed by atoms with Crippen molar-refractivity contribution in [2.45, 2.75) is 6.04 Å². The highest BCUT2D eigenvalue weighted by Gasteiger charge is 2.47. The summed E-state index contributed by atoms with van der Waals surface area (Å²) in [5.41, 5.74) is 1.18. The molecule has 7 heteroatoms. The van der Waals surface area contributed by atoms with Gasteiger partial charge in [0, 0.05) is 20.7 Å². The number of hydrogen-bond donors (Lipinski definition) is 1. The minimum atomic E-state index is -0.790. The van der Waals surface area contributed by atoms with Gasteiger partial charge in [-0.25, -0.2) is 4.98 Å². The number of ketones is 1. The van der Waals surface area contributed by atoms with Gasteiger partial charge in [0.25, 0.3) is 5.78 Å². The number of nitrogens with zero attached hydrogens (tertiary/aromatic N) is 2. The summed E-state index contributed by atoms with van der Waals surface area (Å²) in [6.45, 7) is 0. The number of rotatable bonds is 3. The number of carbonyl (C=O) groups excluding carboxylic acids is 2. The maximum Gasteiger partial charge on any atom is 0.301 e. The van der Waals surface area contributed by atoms with E-state index in [2.05, 4.69) is 36.8 Å². The third kappa shape index (κ3) is 3.63. The van der Waals surface area contributed by atoms with Crippen molar-refractivity contribution in [3.05, 3.63) is 98.6 Å². The number of aliphatic hydroxyl groups excluding tert-OH is 1. The zero-order chi connectivity index (χ0) is 20.5. The molecule has 4 rings (SSSR count). The van der Waals surface area contributed by atoms with Crippen molar-refractivity contribution in [2.24, 2.45) is 0 Å². The number of Topliss-reactive ketones (excluding diaryl/α,β-unsaturated/α-hetero) is 1. The number of amides is 1. The Morgan fingerprint density at radius 1 is 0.897 bits per heavy atom. The van der Waals surface area contributed by atoms with Crippen LogP contribution in [0.4, 0.5) is 5.82 Å². The van der Waals surface area contributed by atoms with Crippen LogP contribution in [0.25, 0.3) is 5.76 Å². The molecule has 1 N–H and O–H groups in total. The van der Waals surface area contributed by atoms with E-state index in [9.17, 15) is 14.7 Å². The topological polar surface area (TPSA) is 70.5 Å². The number of pyridine rings is 1. The first-order chi connectivity index (χ1) is 14.0. The third-order valence-corrected chi connectivity index (χ3v) is 5.70. The van der Waals surface area contributed by atoms with Gasteiger partial charge in [-0.05, 0) is 42.0 Å². The van der Waals surface area contributed by atoms with E-state index in [-0.39, 0.29) is 11.3 Å². The van der Waals surface area contributed by atoms with E-state index >= 15 is 0 Å². The van der Waals surface area contributed by atoms with Crippen LogP contribution in [-0.2, 0) is 9.59 Å². The van der Waals surface area contributed by atoms with E-state index in [1.54, 1.807) is 48.7 Å². The predicted molar refractivity (Wildman–Crippen MR) is 117 cm³/mol. The summed E-state index contributed by atoms with van der Waals surface area (Å²) < 4.78 is 1.70. The fourth-order valence-corrected chi connectivity index (χ4v) is 3.82. The molecule has 2 heterocycles. The number of benzene rings is 2. The van der Waals surface area contributed by atoms with Crippen molar-refractivity contribution < 1.29 is 14.7 Å². The largest absolute Gasteiger partial charge is 0.507 e. The molecule has 29 heavy (non-hydrogen) atoms. The number of halogens is 2. The molecule has 0 aliphatic carbocycles. The molecule has 0 saturated carbocycles. The fraction of sp³-hybridized carbons (Fsp3) is 0.0455. The third-order valence-electron chi connectivity index (χ3n) is 4.64. The van der Waals surface area contributed by atoms with E-state index in [1.807, 2.05) is 24.3 Å². The zero-order valence-electron chi connectivity index (χ0n) is 14.9. The van der Waals surface area contributed by atoms with Crippen LogP contribution in [0, 0.1) is 0 Å². The van der Waals surface area contributed by atoms with Crippen molar-refractivity contribution in [1.29, 1.82) is 0 Å². The molecule has 1 aliphatic rings. The van der Waals surface area contributed by atoms with Crippen LogP contribution >= 0.6 is 31.9 Å². The zero-order valence-corrected chi connectivity index (χ0v) is 18.1. The molecule has 5 nitrogen and oxygen atoms in total. The molecule has 1 saturated heterocycles. The molecule has 0 bridgehead atoms. The maximum absolute atomic E-state index is 13.0. The van der Waals surface area contributed by atoms with Crippen LogP contribution in [0.15, 0.2) is 87.4 Å². The standard InChI is InChI=1S/C22H14Br2N2O3/c23-15-8-4-13(5-9-15)19-18(20(27)14-6-10-16(24)11-7-14)21(28)22(29)26(19)17-3-1-2-12-25-17/h1-12,19,27H/t19-/m1/s1. The average molecular weight is 514 g/mol. The smallest absolute Gasteiger partial charge is 0.301 e.